The summed E-state index contributed by atoms with van der Waals surface area (Å²) in [6, 6.07) is 0.781. The van der Waals surface area contributed by atoms with Gasteiger partial charge in [-0.25, -0.2) is 4.98 Å². The normalized spacial score (nSPS) is 26.2. The van der Waals surface area contributed by atoms with E-state index in [4.69, 9.17) is 0 Å². The lowest BCUT2D eigenvalue weighted by molar-refractivity contribution is 0.598. The molecule has 1 aliphatic carbocycles. The fourth-order valence-electron chi connectivity index (χ4n) is 1.75. The Morgan fingerprint density at radius 2 is 2.62 bits per heavy atom. The monoisotopic (exact) mass is 196 g/mol. The molecule has 2 nitrogen and oxygen atoms in total. The minimum atomic E-state index is 0.781. The van der Waals surface area contributed by atoms with Crippen molar-refractivity contribution in [3.05, 3.63) is 16.6 Å². The van der Waals surface area contributed by atoms with E-state index < -0.39 is 0 Å². The summed E-state index contributed by atoms with van der Waals surface area (Å²) in [5.74, 6) is 0.949. The lowest BCUT2D eigenvalue weighted by Gasteiger charge is -1.99. The van der Waals surface area contributed by atoms with Crippen LogP contribution in [0.1, 0.15) is 31.2 Å². The number of nitrogens with one attached hydrogen (secondary N) is 1. The van der Waals surface area contributed by atoms with Crippen LogP contribution in [0.4, 0.5) is 0 Å². The lowest BCUT2D eigenvalue weighted by Crippen LogP contribution is -2.17. The zero-order valence-electron chi connectivity index (χ0n) is 7.99. The molecule has 13 heavy (non-hydrogen) atoms. The molecular weight excluding hydrogens is 180 g/mol. The molecule has 2 atom stereocenters. The summed E-state index contributed by atoms with van der Waals surface area (Å²) in [5.41, 5.74) is 0. The van der Waals surface area contributed by atoms with Gasteiger partial charge < -0.3 is 5.32 Å². The molecule has 0 amide bonds. The number of aromatic nitrogens is 1. The predicted molar refractivity (Wildman–Crippen MR) is 55.8 cm³/mol. The molecule has 0 aromatic carbocycles. The molecule has 1 aliphatic rings. The summed E-state index contributed by atoms with van der Waals surface area (Å²) in [5, 5.41) is 6.79. The molecule has 0 aliphatic heterocycles. The number of hydrogen-bond acceptors (Lipinski definition) is 3. The van der Waals surface area contributed by atoms with Crippen molar-refractivity contribution >= 4 is 11.3 Å². The SMILES string of the molecule is CCCC1CC1NCc1nccs1. The Hall–Kier alpha value is -0.410. The highest BCUT2D eigenvalue weighted by Crippen LogP contribution is 2.34. The maximum absolute atomic E-state index is 4.24. The third-order valence-electron chi connectivity index (χ3n) is 2.58. The van der Waals surface area contributed by atoms with Gasteiger partial charge in [0.2, 0.25) is 0 Å². The van der Waals surface area contributed by atoms with Gasteiger partial charge in [0.05, 0.1) is 0 Å². The molecule has 2 unspecified atom stereocenters. The molecule has 1 aromatic rings. The summed E-state index contributed by atoms with van der Waals surface area (Å²) in [6.07, 6.45) is 5.95. The lowest BCUT2D eigenvalue weighted by atomic mass is 10.2. The molecule has 1 N–H and O–H groups in total. The van der Waals surface area contributed by atoms with Crippen LogP contribution in [0.3, 0.4) is 0 Å². The molecule has 72 valence electrons. The van der Waals surface area contributed by atoms with Gasteiger partial charge in [0.1, 0.15) is 5.01 Å². The molecule has 0 saturated heterocycles. The molecular formula is C10H16N2S. The Morgan fingerprint density at radius 1 is 1.69 bits per heavy atom. The second kappa shape index (κ2) is 4.20. The summed E-state index contributed by atoms with van der Waals surface area (Å²) in [7, 11) is 0. The summed E-state index contributed by atoms with van der Waals surface area (Å²) >= 11 is 1.73. The van der Waals surface area contributed by atoms with E-state index in [0.717, 1.165) is 18.5 Å². The topological polar surface area (TPSA) is 24.9 Å². The van der Waals surface area contributed by atoms with Crippen LogP contribution in [0.25, 0.3) is 0 Å². The zero-order valence-corrected chi connectivity index (χ0v) is 8.81. The van der Waals surface area contributed by atoms with Crippen LogP contribution >= 0.6 is 11.3 Å². The van der Waals surface area contributed by atoms with Crippen LogP contribution in [0.2, 0.25) is 0 Å². The van der Waals surface area contributed by atoms with Gasteiger partial charge in [-0.05, 0) is 18.8 Å². The van der Waals surface area contributed by atoms with E-state index in [-0.39, 0.29) is 0 Å². The van der Waals surface area contributed by atoms with E-state index in [1.165, 1.54) is 24.3 Å². The number of hydrogen-bond donors (Lipinski definition) is 1. The van der Waals surface area contributed by atoms with Gasteiger partial charge in [-0.1, -0.05) is 13.3 Å². The Labute approximate surface area is 83.4 Å². The number of nitrogens with zero attached hydrogens (tertiary/aromatic N) is 1. The fourth-order valence-corrected chi connectivity index (χ4v) is 2.31. The molecule has 0 spiro atoms. The van der Waals surface area contributed by atoms with Crippen LogP contribution in [0.15, 0.2) is 11.6 Å². The van der Waals surface area contributed by atoms with E-state index in [1.54, 1.807) is 11.3 Å². The molecule has 0 radical (unpaired) electrons. The molecule has 1 aromatic heterocycles. The van der Waals surface area contributed by atoms with Crippen molar-refractivity contribution in [1.29, 1.82) is 0 Å². The van der Waals surface area contributed by atoms with Crippen molar-refractivity contribution in [2.24, 2.45) is 5.92 Å². The maximum Gasteiger partial charge on any atom is 0.106 e. The highest BCUT2D eigenvalue weighted by Gasteiger charge is 2.35. The Kier molecular flexibility index (Phi) is 2.96. The van der Waals surface area contributed by atoms with Gasteiger partial charge in [0.15, 0.2) is 0 Å². The third kappa shape index (κ3) is 2.51. The smallest absolute Gasteiger partial charge is 0.106 e. The van der Waals surface area contributed by atoms with E-state index in [0.29, 0.717) is 0 Å². The van der Waals surface area contributed by atoms with Gasteiger partial charge in [0.25, 0.3) is 0 Å². The van der Waals surface area contributed by atoms with Crippen LogP contribution in [0, 0.1) is 5.92 Å². The Bertz CT molecular complexity index is 245. The average molecular weight is 196 g/mol. The predicted octanol–water partition coefficient (Wildman–Crippen LogP) is 2.42. The molecule has 3 heteroatoms. The van der Waals surface area contributed by atoms with Crippen molar-refractivity contribution in [2.45, 2.75) is 38.8 Å². The van der Waals surface area contributed by atoms with Gasteiger partial charge >= 0.3 is 0 Å². The quantitative estimate of drug-likeness (QED) is 0.782. The first-order chi connectivity index (χ1) is 6.40. The second-order valence-corrected chi connectivity index (χ2v) is 4.68. The largest absolute Gasteiger partial charge is 0.307 e. The van der Waals surface area contributed by atoms with Crippen molar-refractivity contribution in [3.8, 4) is 0 Å². The van der Waals surface area contributed by atoms with Gasteiger partial charge in [-0.15, -0.1) is 11.3 Å². The first-order valence-corrected chi connectivity index (χ1v) is 5.90. The van der Waals surface area contributed by atoms with Gasteiger partial charge in [0, 0.05) is 24.2 Å². The van der Waals surface area contributed by atoms with Crippen LogP contribution in [0.5, 0.6) is 0 Å². The fraction of sp³-hybridized carbons (Fsp3) is 0.700. The molecule has 2 rings (SSSR count). The minimum absolute atomic E-state index is 0.781. The first-order valence-electron chi connectivity index (χ1n) is 5.02. The van der Waals surface area contributed by atoms with Crippen molar-refractivity contribution in [1.82, 2.24) is 10.3 Å². The highest BCUT2D eigenvalue weighted by molar-refractivity contribution is 7.09. The van der Waals surface area contributed by atoms with E-state index in [9.17, 15) is 0 Å². The van der Waals surface area contributed by atoms with E-state index >= 15 is 0 Å². The summed E-state index contributed by atoms with van der Waals surface area (Å²) in [4.78, 5) is 4.24. The first kappa shape index (κ1) is 9.16. The second-order valence-electron chi connectivity index (χ2n) is 3.70. The Morgan fingerprint density at radius 3 is 3.31 bits per heavy atom. The Balaban J connectivity index is 1.65. The standard InChI is InChI=1S/C10H16N2S/c1-2-3-8-6-9(8)12-7-10-11-4-5-13-10/h4-5,8-9,12H,2-3,6-7H2,1H3. The summed E-state index contributed by atoms with van der Waals surface area (Å²) in [6.45, 7) is 3.22. The number of thiazole rings is 1. The van der Waals surface area contributed by atoms with Crippen molar-refractivity contribution < 1.29 is 0 Å². The zero-order chi connectivity index (χ0) is 9.10. The summed E-state index contributed by atoms with van der Waals surface area (Å²) < 4.78 is 0. The van der Waals surface area contributed by atoms with E-state index in [2.05, 4.69) is 17.2 Å². The average Bonchev–Trinajstić information content (AvgIpc) is 2.66. The van der Waals surface area contributed by atoms with Crippen molar-refractivity contribution in [3.63, 3.8) is 0 Å². The van der Waals surface area contributed by atoms with E-state index in [1.807, 2.05) is 11.6 Å². The molecule has 1 heterocycles. The maximum atomic E-state index is 4.24. The third-order valence-corrected chi connectivity index (χ3v) is 3.36. The molecule has 1 fully saturated rings. The van der Waals surface area contributed by atoms with Crippen molar-refractivity contribution in [2.75, 3.05) is 0 Å². The van der Waals surface area contributed by atoms with Crippen LogP contribution in [-0.4, -0.2) is 11.0 Å². The van der Waals surface area contributed by atoms with Crippen LogP contribution < -0.4 is 5.32 Å². The van der Waals surface area contributed by atoms with Crippen LogP contribution in [-0.2, 0) is 6.54 Å². The number of rotatable bonds is 5. The van der Waals surface area contributed by atoms with Gasteiger partial charge in [-0.3, -0.25) is 0 Å². The highest BCUT2D eigenvalue weighted by atomic mass is 32.1. The molecule has 1 saturated carbocycles. The molecule has 0 bridgehead atoms. The van der Waals surface area contributed by atoms with Gasteiger partial charge in [-0.2, -0.15) is 0 Å². The minimum Gasteiger partial charge on any atom is -0.307 e.